The molecule has 0 radical (unpaired) electrons. The molecule has 0 saturated carbocycles. The van der Waals surface area contributed by atoms with Crippen molar-refractivity contribution in [2.75, 3.05) is 32.9 Å². The van der Waals surface area contributed by atoms with E-state index in [4.69, 9.17) is 9.47 Å². The monoisotopic (exact) mass is 217 g/mol. The van der Waals surface area contributed by atoms with Crippen LogP contribution in [0.1, 0.15) is 27.2 Å². The normalized spacial score (nSPS) is 12.5. The number of ether oxygens (including phenoxy) is 2. The van der Waals surface area contributed by atoms with Crippen LogP contribution in [-0.2, 0) is 14.3 Å². The Kier molecular flexibility index (Phi) is 9.52. The molecule has 1 N–H and O–H groups in total. The molecule has 1 unspecified atom stereocenters. The molecule has 0 fully saturated rings. The second kappa shape index (κ2) is 9.93. The third-order valence-corrected chi connectivity index (χ3v) is 2.14. The standard InChI is InChI=1S/C11H23NO3/c1-4-10(3)8-12-6-7-14-9-11(13)15-5-2/h10,12H,4-9H2,1-3H3. The lowest BCUT2D eigenvalue weighted by Gasteiger charge is -2.09. The molecule has 15 heavy (non-hydrogen) atoms. The molecule has 0 saturated heterocycles. The maximum absolute atomic E-state index is 10.9. The van der Waals surface area contributed by atoms with Crippen molar-refractivity contribution in [2.24, 2.45) is 5.92 Å². The van der Waals surface area contributed by atoms with Crippen molar-refractivity contribution in [3.63, 3.8) is 0 Å². The predicted molar refractivity (Wildman–Crippen MR) is 59.8 cm³/mol. The first kappa shape index (κ1) is 14.4. The SMILES string of the molecule is CCOC(=O)COCCNCC(C)CC. The molecule has 4 nitrogen and oxygen atoms in total. The highest BCUT2D eigenvalue weighted by molar-refractivity contribution is 5.70. The van der Waals surface area contributed by atoms with E-state index in [1.165, 1.54) is 6.42 Å². The molecule has 90 valence electrons. The van der Waals surface area contributed by atoms with Gasteiger partial charge in [0.05, 0.1) is 13.2 Å². The molecule has 0 aromatic heterocycles. The van der Waals surface area contributed by atoms with Gasteiger partial charge in [-0.1, -0.05) is 20.3 Å². The van der Waals surface area contributed by atoms with Crippen molar-refractivity contribution in [1.29, 1.82) is 0 Å². The topological polar surface area (TPSA) is 47.6 Å². The highest BCUT2D eigenvalue weighted by atomic mass is 16.6. The van der Waals surface area contributed by atoms with E-state index in [0.29, 0.717) is 19.1 Å². The molecule has 0 aliphatic heterocycles. The summed E-state index contributed by atoms with van der Waals surface area (Å²) in [6.45, 7) is 8.95. The van der Waals surface area contributed by atoms with Crippen molar-refractivity contribution in [1.82, 2.24) is 5.32 Å². The van der Waals surface area contributed by atoms with Crippen LogP contribution < -0.4 is 5.32 Å². The lowest BCUT2D eigenvalue weighted by molar-refractivity contribution is -0.148. The molecular weight excluding hydrogens is 194 g/mol. The van der Waals surface area contributed by atoms with Gasteiger partial charge in [-0.2, -0.15) is 0 Å². The highest BCUT2D eigenvalue weighted by Gasteiger charge is 2.01. The average molecular weight is 217 g/mol. The largest absolute Gasteiger partial charge is 0.464 e. The maximum atomic E-state index is 10.9. The van der Waals surface area contributed by atoms with Gasteiger partial charge in [-0.15, -0.1) is 0 Å². The van der Waals surface area contributed by atoms with Crippen LogP contribution in [0.3, 0.4) is 0 Å². The van der Waals surface area contributed by atoms with Crippen LogP contribution in [0.15, 0.2) is 0 Å². The summed E-state index contributed by atoms with van der Waals surface area (Å²) in [6, 6.07) is 0. The fourth-order valence-electron chi connectivity index (χ4n) is 0.995. The van der Waals surface area contributed by atoms with Crippen LogP contribution >= 0.6 is 0 Å². The Hall–Kier alpha value is -0.610. The summed E-state index contributed by atoms with van der Waals surface area (Å²) in [4.78, 5) is 10.9. The second-order valence-electron chi connectivity index (χ2n) is 3.58. The molecule has 4 heteroatoms. The summed E-state index contributed by atoms with van der Waals surface area (Å²) < 4.78 is 9.85. The van der Waals surface area contributed by atoms with Gasteiger partial charge < -0.3 is 14.8 Å². The molecule has 0 amide bonds. The van der Waals surface area contributed by atoms with Crippen molar-refractivity contribution < 1.29 is 14.3 Å². The van der Waals surface area contributed by atoms with E-state index in [2.05, 4.69) is 19.2 Å². The maximum Gasteiger partial charge on any atom is 0.332 e. The fourth-order valence-corrected chi connectivity index (χ4v) is 0.995. The zero-order valence-corrected chi connectivity index (χ0v) is 10.0. The lowest BCUT2D eigenvalue weighted by atomic mass is 10.1. The first-order valence-corrected chi connectivity index (χ1v) is 5.64. The van der Waals surface area contributed by atoms with Gasteiger partial charge in [0.25, 0.3) is 0 Å². The Bertz CT molecular complexity index is 162. The van der Waals surface area contributed by atoms with Gasteiger partial charge in [0.1, 0.15) is 6.61 Å². The Morgan fingerprint density at radius 2 is 2.13 bits per heavy atom. The molecular formula is C11H23NO3. The Morgan fingerprint density at radius 1 is 1.40 bits per heavy atom. The van der Waals surface area contributed by atoms with Gasteiger partial charge in [-0.05, 0) is 19.4 Å². The minimum Gasteiger partial charge on any atom is -0.464 e. The summed E-state index contributed by atoms with van der Waals surface area (Å²) in [5, 5.41) is 3.26. The first-order chi connectivity index (χ1) is 7.20. The van der Waals surface area contributed by atoms with E-state index >= 15 is 0 Å². The molecule has 0 bridgehead atoms. The van der Waals surface area contributed by atoms with Crippen LogP contribution in [0.25, 0.3) is 0 Å². The van der Waals surface area contributed by atoms with E-state index in [1.54, 1.807) is 6.92 Å². The summed E-state index contributed by atoms with van der Waals surface area (Å²) in [5.74, 6) is 0.398. The zero-order chi connectivity index (χ0) is 11.5. The molecule has 0 aliphatic carbocycles. The number of hydrogen-bond donors (Lipinski definition) is 1. The number of carbonyl (C=O) groups excluding carboxylic acids is 1. The minimum absolute atomic E-state index is 0.0544. The van der Waals surface area contributed by atoms with Gasteiger partial charge in [0.15, 0.2) is 0 Å². The third kappa shape index (κ3) is 9.69. The highest BCUT2D eigenvalue weighted by Crippen LogP contribution is 1.96. The van der Waals surface area contributed by atoms with Crippen LogP contribution in [-0.4, -0.2) is 38.9 Å². The van der Waals surface area contributed by atoms with Crippen LogP contribution in [0.2, 0.25) is 0 Å². The smallest absolute Gasteiger partial charge is 0.332 e. The summed E-state index contributed by atoms with van der Waals surface area (Å²) in [6.07, 6.45) is 1.18. The number of carbonyl (C=O) groups is 1. The quantitative estimate of drug-likeness (QED) is 0.466. The fraction of sp³-hybridized carbons (Fsp3) is 0.909. The Balaban J connectivity index is 3.14. The molecule has 0 aliphatic rings. The van der Waals surface area contributed by atoms with Gasteiger partial charge >= 0.3 is 5.97 Å². The first-order valence-electron chi connectivity index (χ1n) is 5.64. The van der Waals surface area contributed by atoms with Crippen LogP contribution in [0.5, 0.6) is 0 Å². The third-order valence-electron chi connectivity index (χ3n) is 2.14. The zero-order valence-electron chi connectivity index (χ0n) is 10.0. The molecule has 0 rings (SSSR count). The van der Waals surface area contributed by atoms with E-state index in [1.807, 2.05) is 0 Å². The van der Waals surface area contributed by atoms with Gasteiger partial charge in [0, 0.05) is 6.54 Å². The van der Waals surface area contributed by atoms with Crippen molar-refractivity contribution >= 4 is 5.97 Å². The van der Waals surface area contributed by atoms with E-state index < -0.39 is 0 Å². The Labute approximate surface area is 92.3 Å². The number of hydrogen-bond acceptors (Lipinski definition) is 4. The Morgan fingerprint density at radius 3 is 2.73 bits per heavy atom. The van der Waals surface area contributed by atoms with Crippen LogP contribution in [0.4, 0.5) is 0 Å². The summed E-state index contributed by atoms with van der Waals surface area (Å²) in [7, 11) is 0. The molecule has 0 heterocycles. The van der Waals surface area contributed by atoms with Gasteiger partial charge in [0.2, 0.25) is 0 Å². The number of esters is 1. The van der Waals surface area contributed by atoms with Crippen molar-refractivity contribution in [2.45, 2.75) is 27.2 Å². The van der Waals surface area contributed by atoms with Gasteiger partial charge in [-0.25, -0.2) is 4.79 Å². The minimum atomic E-state index is -0.292. The summed E-state index contributed by atoms with van der Waals surface area (Å²) in [5.41, 5.74) is 0. The average Bonchev–Trinajstić information content (AvgIpc) is 2.23. The second-order valence-corrected chi connectivity index (χ2v) is 3.58. The summed E-state index contributed by atoms with van der Waals surface area (Å²) >= 11 is 0. The predicted octanol–water partition coefficient (Wildman–Crippen LogP) is 1.20. The lowest BCUT2D eigenvalue weighted by Crippen LogP contribution is -2.26. The molecule has 0 aromatic carbocycles. The molecule has 0 spiro atoms. The van der Waals surface area contributed by atoms with E-state index in [0.717, 1.165) is 13.1 Å². The number of nitrogens with one attached hydrogen (secondary N) is 1. The molecule has 0 aromatic rings. The van der Waals surface area contributed by atoms with Crippen LogP contribution in [0, 0.1) is 5.92 Å². The van der Waals surface area contributed by atoms with Gasteiger partial charge in [-0.3, -0.25) is 0 Å². The number of rotatable bonds is 9. The van der Waals surface area contributed by atoms with E-state index in [-0.39, 0.29) is 12.6 Å². The van der Waals surface area contributed by atoms with E-state index in [9.17, 15) is 4.79 Å². The van der Waals surface area contributed by atoms with Crippen molar-refractivity contribution in [3.8, 4) is 0 Å². The van der Waals surface area contributed by atoms with Crippen molar-refractivity contribution in [3.05, 3.63) is 0 Å². The molecule has 1 atom stereocenters.